The number of hydrogen-bond donors (Lipinski definition) is 1. The lowest BCUT2D eigenvalue weighted by atomic mass is 9.75. The van der Waals surface area contributed by atoms with Gasteiger partial charge in [0.1, 0.15) is 6.61 Å². The topological polar surface area (TPSA) is 69.6 Å². The Morgan fingerprint density at radius 2 is 1.88 bits per heavy atom. The van der Waals surface area contributed by atoms with Gasteiger partial charge < -0.3 is 19.4 Å². The van der Waals surface area contributed by atoms with E-state index in [0.29, 0.717) is 24.2 Å². The number of fused-ring (bicyclic) bond motifs is 3. The highest BCUT2D eigenvalue weighted by Gasteiger charge is 2.39. The molecule has 176 valence electrons. The Labute approximate surface area is 199 Å². The molecule has 0 saturated carbocycles. The van der Waals surface area contributed by atoms with Crippen LogP contribution in [0.2, 0.25) is 0 Å². The number of carbonyl (C=O) groups excluding carboxylic acids is 2. The highest BCUT2D eigenvalue weighted by molar-refractivity contribution is 6.09. The van der Waals surface area contributed by atoms with Crippen molar-refractivity contribution in [2.24, 2.45) is 0 Å². The molecule has 2 aromatic carbocycles. The van der Waals surface area contributed by atoms with E-state index in [4.69, 9.17) is 9.47 Å². The molecule has 0 fully saturated rings. The summed E-state index contributed by atoms with van der Waals surface area (Å²) in [5, 5.41) is 5.65. The van der Waals surface area contributed by atoms with E-state index in [2.05, 4.69) is 53.2 Å². The summed E-state index contributed by atoms with van der Waals surface area (Å²) in [4.78, 5) is 26.4. The minimum absolute atomic E-state index is 0.101. The number of para-hydroxylation sites is 1. The Hall–Kier alpha value is -3.38. The van der Waals surface area contributed by atoms with Crippen LogP contribution in [0.25, 0.3) is 21.8 Å². The molecule has 34 heavy (non-hydrogen) atoms. The number of methoxy groups -OCH3 is 1. The number of ether oxygens (including phenoxy) is 2. The van der Waals surface area contributed by atoms with Crippen LogP contribution in [0.5, 0.6) is 0 Å². The van der Waals surface area contributed by atoms with Gasteiger partial charge in [-0.05, 0) is 50.5 Å². The molecule has 5 rings (SSSR count). The van der Waals surface area contributed by atoms with Crippen molar-refractivity contribution in [3.63, 3.8) is 0 Å². The Morgan fingerprint density at radius 3 is 2.68 bits per heavy atom. The maximum absolute atomic E-state index is 13.3. The van der Waals surface area contributed by atoms with E-state index in [1.807, 2.05) is 13.0 Å². The van der Waals surface area contributed by atoms with E-state index in [9.17, 15) is 9.59 Å². The minimum atomic E-state index is -0.452. The second-order valence-electron chi connectivity index (χ2n) is 8.93. The lowest BCUT2D eigenvalue weighted by molar-refractivity contribution is -0.140. The third kappa shape index (κ3) is 3.62. The van der Waals surface area contributed by atoms with Crippen molar-refractivity contribution in [1.29, 1.82) is 0 Å². The van der Waals surface area contributed by atoms with Crippen molar-refractivity contribution in [3.05, 3.63) is 70.6 Å². The summed E-state index contributed by atoms with van der Waals surface area (Å²) in [6.07, 6.45) is 2.12. The van der Waals surface area contributed by atoms with Crippen molar-refractivity contribution in [2.45, 2.75) is 45.6 Å². The summed E-state index contributed by atoms with van der Waals surface area (Å²) in [6.45, 7) is 5.39. The largest absolute Gasteiger partial charge is 0.460 e. The number of nitrogens with zero attached hydrogens (tertiary/aromatic N) is 1. The number of benzene rings is 2. The summed E-state index contributed by atoms with van der Waals surface area (Å²) in [5.41, 5.74) is 6.16. The van der Waals surface area contributed by atoms with E-state index in [1.165, 1.54) is 10.9 Å². The van der Waals surface area contributed by atoms with Crippen LogP contribution < -0.4 is 5.32 Å². The molecule has 2 aliphatic rings. The van der Waals surface area contributed by atoms with Gasteiger partial charge in [0.05, 0.1) is 12.2 Å². The molecule has 1 atom stereocenters. The van der Waals surface area contributed by atoms with Crippen LogP contribution >= 0.6 is 0 Å². The monoisotopic (exact) mass is 458 g/mol. The molecule has 0 unspecified atom stereocenters. The number of Topliss-reactive ketones (excluding diaryl/α,β-unsaturated/α-hetero) is 1. The van der Waals surface area contributed by atoms with Crippen molar-refractivity contribution in [3.8, 4) is 0 Å². The van der Waals surface area contributed by atoms with Gasteiger partial charge in [-0.2, -0.15) is 0 Å². The Bertz CT molecular complexity index is 1360. The van der Waals surface area contributed by atoms with E-state index in [1.54, 1.807) is 7.11 Å². The molecule has 6 nitrogen and oxygen atoms in total. The normalized spacial score (nSPS) is 18.4. The van der Waals surface area contributed by atoms with Crippen LogP contribution in [0, 0.1) is 0 Å². The highest BCUT2D eigenvalue weighted by Crippen LogP contribution is 2.44. The molecule has 6 heteroatoms. The summed E-state index contributed by atoms with van der Waals surface area (Å²) in [7, 11) is 1.57. The smallest absolute Gasteiger partial charge is 0.336 e. The number of ketones is 1. The molecule has 1 aliphatic carbocycles. The quantitative estimate of drug-likeness (QED) is 0.417. The van der Waals surface area contributed by atoms with E-state index >= 15 is 0 Å². The number of nitrogens with one attached hydrogen (secondary N) is 1. The van der Waals surface area contributed by atoms with Crippen LogP contribution in [0.1, 0.15) is 44.6 Å². The maximum atomic E-state index is 13.3. The first-order valence-electron chi connectivity index (χ1n) is 12.0. The van der Waals surface area contributed by atoms with Gasteiger partial charge in [-0.15, -0.1) is 0 Å². The first-order chi connectivity index (χ1) is 16.5. The van der Waals surface area contributed by atoms with Crippen LogP contribution in [0.3, 0.4) is 0 Å². The first-order valence-corrected chi connectivity index (χ1v) is 12.0. The third-order valence-corrected chi connectivity index (χ3v) is 6.96. The molecule has 0 bridgehead atoms. The van der Waals surface area contributed by atoms with Crippen molar-refractivity contribution in [1.82, 2.24) is 9.88 Å². The molecule has 1 N–H and O–H groups in total. The third-order valence-electron chi connectivity index (χ3n) is 6.96. The fraction of sp³-hybridized carbons (Fsp3) is 0.357. The zero-order valence-electron chi connectivity index (χ0n) is 19.9. The Balaban J connectivity index is 1.69. The molecular weight excluding hydrogens is 428 g/mol. The molecule has 3 aromatic rings. The molecule has 1 aromatic heterocycles. The molecule has 0 radical (unpaired) electrons. The molecule has 0 spiro atoms. The van der Waals surface area contributed by atoms with Gasteiger partial charge in [-0.25, -0.2) is 4.79 Å². The summed E-state index contributed by atoms with van der Waals surface area (Å²) >= 11 is 0. The van der Waals surface area contributed by atoms with E-state index in [0.717, 1.165) is 47.2 Å². The lowest BCUT2D eigenvalue weighted by Gasteiger charge is -2.34. The fourth-order valence-corrected chi connectivity index (χ4v) is 5.47. The van der Waals surface area contributed by atoms with Gasteiger partial charge in [-0.3, -0.25) is 4.79 Å². The maximum Gasteiger partial charge on any atom is 0.336 e. The van der Waals surface area contributed by atoms with Crippen molar-refractivity contribution >= 4 is 33.6 Å². The average molecular weight is 459 g/mol. The summed E-state index contributed by atoms with van der Waals surface area (Å²) in [6, 6.07) is 14.7. The number of rotatable bonds is 6. The van der Waals surface area contributed by atoms with Crippen molar-refractivity contribution < 1.29 is 19.1 Å². The van der Waals surface area contributed by atoms with Crippen molar-refractivity contribution in [2.75, 3.05) is 20.3 Å². The number of dihydropyridines is 1. The lowest BCUT2D eigenvalue weighted by Crippen LogP contribution is -2.34. The molecule has 0 saturated heterocycles. The first kappa shape index (κ1) is 22.4. The van der Waals surface area contributed by atoms with Crippen LogP contribution in [0.4, 0.5) is 0 Å². The number of esters is 1. The minimum Gasteiger partial charge on any atom is -0.460 e. The number of aryl methyl sites for hydroxylation is 1. The van der Waals surface area contributed by atoms with Gasteiger partial charge in [0.15, 0.2) is 5.78 Å². The average Bonchev–Trinajstić information content (AvgIpc) is 3.16. The molecule has 1 aliphatic heterocycles. The number of hydrogen-bond acceptors (Lipinski definition) is 5. The SMILES string of the molecule is CCn1c2ccccc2c2cc([C@@H]3C(C(=O)OCCOC)=C(C)NC4=C3C(=O)CCC4)ccc21. The number of aromatic nitrogens is 1. The molecular formula is C28H30N2O4. The van der Waals surface area contributed by atoms with E-state index < -0.39 is 11.9 Å². The molecule has 0 amide bonds. The Kier molecular flexibility index (Phi) is 6.00. The Morgan fingerprint density at radius 1 is 1.09 bits per heavy atom. The fourth-order valence-electron chi connectivity index (χ4n) is 5.47. The van der Waals surface area contributed by atoms with E-state index in [-0.39, 0.29) is 12.4 Å². The predicted octanol–water partition coefficient (Wildman–Crippen LogP) is 4.97. The highest BCUT2D eigenvalue weighted by atomic mass is 16.6. The van der Waals surface area contributed by atoms with Crippen LogP contribution in [0.15, 0.2) is 65.0 Å². The van der Waals surface area contributed by atoms with Gasteiger partial charge >= 0.3 is 5.97 Å². The molecule has 2 heterocycles. The second kappa shape index (κ2) is 9.11. The second-order valence-corrected chi connectivity index (χ2v) is 8.93. The number of carbonyl (C=O) groups is 2. The zero-order chi connectivity index (χ0) is 23.8. The van der Waals surface area contributed by atoms with Gasteiger partial charge in [0, 0.05) is 64.8 Å². The van der Waals surface area contributed by atoms with Gasteiger partial charge in [0.2, 0.25) is 0 Å². The predicted molar refractivity (Wildman–Crippen MR) is 132 cm³/mol. The van der Waals surface area contributed by atoms with Gasteiger partial charge in [-0.1, -0.05) is 24.3 Å². The number of allylic oxidation sites excluding steroid dienone is 3. The van der Waals surface area contributed by atoms with Crippen LogP contribution in [-0.2, 0) is 25.6 Å². The summed E-state index contributed by atoms with van der Waals surface area (Å²) in [5.74, 6) is -0.759. The van der Waals surface area contributed by atoms with Gasteiger partial charge in [0.25, 0.3) is 0 Å². The zero-order valence-corrected chi connectivity index (χ0v) is 19.9. The van der Waals surface area contributed by atoms with Crippen LogP contribution in [-0.4, -0.2) is 36.6 Å². The standard InChI is InChI=1S/C28H30N2O4/c1-4-30-22-10-6-5-8-19(22)20-16-18(12-13-23(20)30)26-25(28(32)34-15-14-33-3)17(2)29-21-9-7-11-24(31)27(21)26/h5-6,8,10,12-13,16,26,29H,4,7,9,11,14-15H2,1-3H3/t26-/m1/s1. The summed E-state index contributed by atoms with van der Waals surface area (Å²) < 4.78 is 12.9.